The van der Waals surface area contributed by atoms with E-state index in [0.717, 1.165) is 13.1 Å². The molecule has 0 aliphatic carbocycles. The van der Waals surface area contributed by atoms with Crippen LogP contribution in [0.2, 0.25) is 0 Å². The number of likely N-dealkylation sites (tertiary alicyclic amines) is 1. The molecule has 10 heteroatoms. The number of benzene rings is 2. The molecule has 1 unspecified atom stereocenters. The van der Waals surface area contributed by atoms with Crippen LogP contribution in [0.4, 0.5) is 0 Å². The number of nitrogens with one attached hydrogen (secondary N) is 1. The van der Waals surface area contributed by atoms with Gasteiger partial charge in [-0.2, -0.15) is 0 Å². The lowest BCUT2D eigenvalue weighted by Gasteiger charge is -2.28. The number of carbonyl (C=O) groups is 2. The van der Waals surface area contributed by atoms with E-state index in [1.807, 2.05) is 0 Å². The van der Waals surface area contributed by atoms with E-state index >= 15 is 0 Å². The van der Waals surface area contributed by atoms with E-state index in [1.54, 1.807) is 30.3 Å². The minimum Gasteiger partial charge on any atom is -0.507 e. The number of hydrogen-bond acceptors (Lipinski definition) is 8. The Balaban J connectivity index is 1.88. The number of ketones is 1. The van der Waals surface area contributed by atoms with E-state index in [9.17, 15) is 14.7 Å². The first-order chi connectivity index (χ1) is 18.4. The van der Waals surface area contributed by atoms with Crippen LogP contribution in [0.1, 0.15) is 31.0 Å². The van der Waals surface area contributed by atoms with Crippen LogP contribution < -0.4 is 28.6 Å². The van der Waals surface area contributed by atoms with Gasteiger partial charge in [0, 0.05) is 5.56 Å². The first kappa shape index (κ1) is 27.1. The van der Waals surface area contributed by atoms with Crippen LogP contribution in [0.25, 0.3) is 5.76 Å². The van der Waals surface area contributed by atoms with E-state index in [1.165, 1.54) is 31.1 Å². The number of likely N-dealkylation sites (N-methyl/N-ethyl adjacent to an activating group) is 1. The second-order valence-electron chi connectivity index (χ2n) is 9.02. The van der Waals surface area contributed by atoms with E-state index in [0.29, 0.717) is 66.2 Å². The quantitative estimate of drug-likeness (QED) is 0.274. The lowest BCUT2D eigenvalue weighted by molar-refractivity contribution is -0.895. The molecule has 0 spiro atoms. The van der Waals surface area contributed by atoms with Gasteiger partial charge in [-0.1, -0.05) is 0 Å². The maximum absolute atomic E-state index is 13.5. The van der Waals surface area contributed by atoms with Crippen LogP contribution in [0.3, 0.4) is 0 Å². The molecule has 0 radical (unpaired) electrons. The van der Waals surface area contributed by atoms with Crippen LogP contribution in [-0.2, 0) is 9.59 Å². The highest BCUT2D eigenvalue weighted by Crippen LogP contribution is 2.46. The normalized spacial score (nSPS) is 18.2. The summed E-state index contributed by atoms with van der Waals surface area (Å²) >= 11 is 0. The molecule has 2 N–H and O–H groups in total. The monoisotopic (exact) mass is 527 g/mol. The number of ether oxygens (including phenoxy) is 5. The molecule has 2 aromatic rings. The van der Waals surface area contributed by atoms with Crippen molar-refractivity contribution in [3.63, 3.8) is 0 Å². The third kappa shape index (κ3) is 4.96. The lowest BCUT2D eigenvalue weighted by atomic mass is 9.94. The Kier molecular flexibility index (Phi) is 8.31. The molecular formula is C28H35N2O8+. The fraction of sp³-hybridized carbons (Fsp3) is 0.429. The standard InChI is InChI=1S/C28H34N2O8/c1-6-29(7-2)10-11-30-24(18-15-21(34-3)27(36-5)22(16-18)35-4)23(26(32)28(30)33)25(31)17-8-9-19-20(14-17)38-13-12-37-19/h8-9,14-16,24,31H,6-7,10-13H2,1-5H3/p+1. The first-order valence-corrected chi connectivity index (χ1v) is 12.7. The Morgan fingerprint density at radius 1 is 0.974 bits per heavy atom. The molecule has 2 aliphatic heterocycles. The topological polar surface area (TPSA) is 108 Å². The van der Waals surface area contributed by atoms with Gasteiger partial charge in [0.2, 0.25) is 5.75 Å². The van der Waals surface area contributed by atoms with Crippen molar-refractivity contribution in [2.24, 2.45) is 0 Å². The Hall–Kier alpha value is -3.92. The van der Waals surface area contributed by atoms with Crippen LogP contribution in [0.15, 0.2) is 35.9 Å². The smallest absolute Gasteiger partial charge is 0.295 e. The summed E-state index contributed by atoms with van der Waals surface area (Å²) in [5, 5.41) is 11.5. The maximum Gasteiger partial charge on any atom is 0.295 e. The summed E-state index contributed by atoms with van der Waals surface area (Å²) in [6.07, 6.45) is 0. The van der Waals surface area contributed by atoms with Crippen LogP contribution in [-0.4, -0.2) is 82.4 Å². The Labute approximate surface area is 222 Å². The number of carbonyl (C=O) groups excluding carboxylic acids is 2. The number of aliphatic hydroxyl groups excluding tert-OH is 1. The number of amides is 1. The van der Waals surface area contributed by atoms with Gasteiger partial charge in [-0.05, 0) is 49.7 Å². The van der Waals surface area contributed by atoms with Crippen molar-refractivity contribution in [3.05, 3.63) is 47.0 Å². The average molecular weight is 528 g/mol. The second-order valence-corrected chi connectivity index (χ2v) is 9.02. The molecule has 1 saturated heterocycles. The maximum atomic E-state index is 13.5. The molecule has 1 atom stereocenters. The summed E-state index contributed by atoms with van der Waals surface area (Å²) in [7, 11) is 4.49. The molecule has 2 heterocycles. The van der Waals surface area contributed by atoms with Crippen molar-refractivity contribution in [1.82, 2.24) is 4.90 Å². The SMILES string of the molecule is CC[NH+](CC)CCN1C(=O)C(=O)C(=C(O)c2ccc3c(c2)OCCO3)C1c1cc(OC)c(OC)c(OC)c1. The van der Waals surface area contributed by atoms with Crippen molar-refractivity contribution in [2.45, 2.75) is 19.9 Å². The van der Waals surface area contributed by atoms with Crippen molar-refractivity contribution in [3.8, 4) is 28.7 Å². The van der Waals surface area contributed by atoms with Crippen LogP contribution in [0, 0.1) is 0 Å². The second kappa shape index (κ2) is 11.6. The summed E-state index contributed by atoms with van der Waals surface area (Å²) in [5.74, 6) is 0.426. The van der Waals surface area contributed by atoms with Gasteiger partial charge in [-0.15, -0.1) is 0 Å². The highest BCUT2D eigenvalue weighted by molar-refractivity contribution is 6.46. The molecule has 1 fully saturated rings. The number of quaternary nitrogens is 1. The van der Waals surface area contributed by atoms with Gasteiger partial charge < -0.3 is 38.6 Å². The number of fused-ring (bicyclic) bond motifs is 1. The third-order valence-electron chi connectivity index (χ3n) is 7.06. The van der Waals surface area contributed by atoms with E-state index in [4.69, 9.17) is 23.7 Å². The number of nitrogens with zero attached hydrogens (tertiary/aromatic N) is 1. The summed E-state index contributed by atoms with van der Waals surface area (Å²) in [5.41, 5.74) is 0.877. The van der Waals surface area contributed by atoms with Gasteiger partial charge in [-0.25, -0.2) is 0 Å². The minimum atomic E-state index is -0.869. The molecule has 204 valence electrons. The van der Waals surface area contributed by atoms with Crippen molar-refractivity contribution in [1.29, 1.82) is 0 Å². The van der Waals surface area contributed by atoms with Crippen LogP contribution in [0.5, 0.6) is 28.7 Å². The van der Waals surface area contributed by atoms with Crippen molar-refractivity contribution >= 4 is 17.4 Å². The molecular weight excluding hydrogens is 492 g/mol. The zero-order valence-electron chi connectivity index (χ0n) is 22.5. The summed E-state index contributed by atoms with van der Waals surface area (Å²) in [6.45, 7) is 7.68. The van der Waals surface area contributed by atoms with Gasteiger partial charge >= 0.3 is 0 Å². The van der Waals surface area contributed by atoms with E-state index < -0.39 is 17.7 Å². The largest absolute Gasteiger partial charge is 0.507 e. The number of rotatable bonds is 10. The van der Waals surface area contributed by atoms with E-state index in [-0.39, 0.29) is 11.3 Å². The molecule has 0 aromatic heterocycles. The molecule has 2 aliphatic rings. The number of Topliss-reactive ketones (excluding diaryl/α,β-unsaturated/α-hetero) is 1. The summed E-state index contributed by atoms with van der Waals surface area (Å²) in [4.78, 5) is 29.6. The van der Waals surface area contributed by atoms with Crippen molar-refractivity contribution in [2.75, 3.05) is 60.7 Å². The summed E-state index contributed by atoms with van der Waals surface area (Å²) in [6, 6.07) is 7.47. The van der Waals surface area contributed by atoms with Gasteiger partial charge in [0.05, 0.1) is 59.1 Å². The Bertz CT molecular complexity index is 1210. The van der Waals surface area contributed by atoms with E-state index in [2.05, 4.69) is 13.8 Å². The highest BCUT2D eigenvalue weighted by atomic mass is 16.6. The van der Waals surface area contributed by atoms with Gasteiger partial charge in [0.25, 0.3) is 11.7 Å². The van der Waals surface area contributed by atoms with Gasteiger partial charge in [0.15, 0.2) is 23.0 Å². The highest BCUT2D eigenvalue weighted by Gasteiger charge is 2.47. The Morgan fingerprint density at radius 3 is 2.18 bits per heavy atom. The predicted molar refractivity (Wildman–Crippen MR) is 139 cm³/mol. The fourth-order valence-corrected chi connectivity index (χ4v) is 4.94. The first-order valence-electron chi connectivity index (χ1n) is 12.7. The molecule has 10 nitrogen and oxygen atoms in total. The zero-order valence-corrected chi connectivity index (χ0v) is 22.5. The fourth-order valence-electron chi connectivity index (χ4n) is 4.94. The zero-order chi connectivity index (χ0) is 27.4. The van der Waals surface area contributed by atoms with Crippen LogP contribution >= 0.6 is 0 Å². The molecule has 38 heavy (non-hydrogen) atoms. The van der Waals surface area contributed by atoms with Crippen molar-refractivity contribution < 1.29 is 43.3 Å². The number of hydrogen-bond donors (Lipinski definition) is 2. The predicted octanol–water partition coefficient (Wildman–Crippen LogP) is 1.83. The molecule has 2 aromatic carbocycles. The number of methoxy groups -OCH3 is 3. The lowest BCUT2D eigenvalue weighted by Crippen LogP contribution is -3.12. The minimum absolute atomic E-state index is 0.0181. The molecule has 4 rings (SSSR count). The third-order valence-corrected chi connectivity index (χ3v) is 7.06. The Morgan fingerprint density at radius 2 is 1.61 bits per heavy atom. The molecule has 0 bridgehead atoms. The van der Waals surface area contributed by atoms with Gasteiger partial charge in [0.1, 0.15) is 19.0 Å². The number of aliphatic hydroxyl groups is 1. The molecule has 1 amide bonds. The molecule has 0 saturated carbocycles. The van der Waals surface area contributed by atoms with Gasteiger partial charge in [-0.3, -0.25) is 9.59 Å². The summed E-state index contributed by atoms with van der Waals surface area (Å²) < 4.78 is 27.8. The average Bonchev–Trinajstić information content (AvgIpc) is 3.21.